The van der Waals surface area contributed by atoms with E-state index in [0.29, 0.717) is 5.76 Å². The average Bonchev–Trinajstić information content (AvgIpc) is 3.16. The number of methoxy groups -OCH3 is 2. The van der Waals surface area contributed by atoms with Crippen LogP contribution in [0.2, 0.25) is 0 Å². The van der Waals surface area contributed by atoms with E-state index in [1.54, 1.807) is 12.1 Å². The number of carbonyl (C=O) groups excluding carboxylic acids is 2. The number of nitro groups is 1. The normalized spacial score (nSPS) is 10.1. The molecule has 0 fully saturated rings. The Bertz CT molecular complexity index is 801. The number of benzene rings is 1. The van der Waals surface area contributed by atoms with Gasteiger partial charge in [0.05, 0.1) is 38.0 Å². The van der Waals surface area contributed by atoms with Gasteiger partial charge in [-0.15, -0.1) is 0 Å². The van der Waals surface area contributed by atoms with E-state index < -0.39 is 29.1 Å². The lowest BCUT2D eigenvalue weighted by atomic mass is 10.1. The van der Waals surface area contributed by atoms with E-state index in [0.717, 1.165) is 12.1 Å². The summed E-state index contributed by atoms with van der Waals surface area (Å²) >= 11 is 0. The van der Waals surface area contributed by atoms with Crippen LogP contribution in [-0.2, 0) is 16.1 Å². The Morgan fingerprint density at radius 2 is 1.92 bits per heavy atom. The molecular weight excluding hydrogens is 348 g/mol. The smallest absolute Gasteiger partial charge is 0.345 e. The largest absolute Gasteiger partial charge is 0.493 e. The maximum Gasteiger partial charge on any atom is 0.345 e. The fraction of sp³-hybridized carbons (Fsp3) is 0.250. The van der Waals surface area contributed by atoms with Crippen molar-refractivity contribution < 1.29 is 33.1 Å². The molecule has 1 aromatic heterocycles. The summed E-state index contributed by atoms with van der Waals surface area (Å²) in [5, 5.41) is 13.7. The third-order valence-corrected chi connectivity index (χ3v) is 3.29. The maximum atomic E-state index is 12.2. The molecule has 2 rings (SSSR count). The van der Waals surface area contributed by atoms with Gasteiger partial charge in [0.25, 0.3) is 11.6 Å². The molecular formula is C16H16N2O8. The van der Waals surface area contributed by atoms with E-state index in [9.17, 15) is 19.7 Å². The van der Waals surface area contributed by atoms with E-state index in [4.69, 9.17) is 18.6 Å². The van der Waals surface area contributed by atoms with Crippen molar-refractivity contribution in [1.82, 2.24) is 5.32 Å². The number of nitrogens with one attached hydrogen (secondary N) is 1. The lowest BCUT2D eigenvalue weighted by Crippen LogP contribution is -2.28. The number of ether oxygens (including phenoxy) is 3. The van der Waals surface area contributed by atoms with Gasteiger partial charge in [0.15, 0.2) is 18.1 Å². The van der Waals surface area contributed by atoms with E-state index in [2.05, 4.69) is 5.32 Å². The van der Waals surface area contributed by atoms with Gasteiger partial charge in [-0.2, -0.15) is 0 Å². The van der Waals surface area contributed by atoms with Crippen LogP contribution < -0.4 is 14.8 Å². The minimum Gasteiger partial charge on any atom is -0.493 e. The van der Waals surface area contributed by atoms with Crippen molar-refractivity contribution in [3.63, 3.8) is 0 Å². The highest BCUT2D eigenvalue weighted by molar-refractivity contribution is 5.96. The molecule has 0 radical (unpaired) electrons. The van der Waals surface area contributed by atoms with Crippen molar-refractivity contribution in [3.8, 4) is 11.5 Å². The van der Waals surface area contributed by atoms with E-state index in [1.807, 2.05) is 0 Å². The van der Waals surface area contributed by atoms with Gasteiger partial charge < -0.3 is 23.9 Å². The highest BCUT2D eigenvalue weighted by Crippen LogP contribution is 2.34. The number of furan rings is 1. The van der Waals surface area contributed by atoms with Crippen LogP contribution in [0.4, 0.5) is 5.69 Å². The first-order valence-corrected chi connectivity index (χ1v) is 7.33. The minimum atomic E-state index is -1.04. The van der Waals surface area contributed by atoms with E-state index in [1.165, 1.54) is 20.5 Å². The zero-order chi connectivity index (χ0) is 19.1. The molecule has 0 unspecified atom stereocenters. The second-order valence-electron chi connectivity index (χ2n) is 4.91. The molecule has 0 saturated heterocycles. The predicted molar refractivity (Wildman–Crippen MR) is 87.0 cm³/mol. The number of esters is 1. The van der Waals surface area contributed by atoms with Gasteiger partial charge in [0.2, 0.25) is 0 Å². The van der Waals surface area contributed by atoms with E-state index in [-0.39, 0.29) is 23.6 Å². The van der Waals surface area contributed by atoms with Crippen LogP contribution >= 0.6 is 0 Å². The Kier molecular flexibility index (Phi) is 6.15. The molecule has 0 spiro atoms. The van der Waals surface area contributed by atoms with Gasteiger partial charge in [-0.3, -0.25) is 14.9 Å². The molecule has 0 saturated carbocycles. The van der Waals surface area contributed by atoms with Crippen molar-refractivity contribution in [2.45, 2.75) is 6.54 Å². The standard InChI is InChI=1S/C16H16N2O8/c1-23-13-6-11(12(18(21)22)7-14(13)24-2)16(20)26-9-15(19)17-8-10-4-3-5-25-10/h3-7H,8-9H2,1-2H3,(H,17,19). The molecule has 10 nitrogen and oxygen atoms in total. The lowest BCUT2D eigenvalue weighted by Gasteiger charge is -2.10. The second-order valence-corrected chi connectivity index (χ2v) is 4.91. The van der Waals surface area contributed by atoms with Crippen LogP contribution in [0, 0.1) is 10.1 Å². The molecule has 2 aromatic rings. The van der Waals surface area contributed by atoms with Gasteiger partial charge in [-0.1, -0.05) is 0 Å². The monoisotopic (exact) mass is 364 g/mol. The summed E-state index contributed by atoms with van der Waals surface area (Å²) < 4.78 is 19.9. The van der Waals surface area contributed by atoms with Crippen molar-refractivity contribution in [3.05, 3.63) is 52.0 Å². The third-order valence-electron chi connectivity index (χ3n) is 3.29. The highest BCUT2D eigenvalue weighted by Gasteiger charge is 2.26. The second kappa shape index (κ2) is 8.51. The fourth-order valence-corrected chi connectivity index (χ4v) is 2.04. The van der Waals surface area contributed by atoms with Gasteiger partial charge in [-0.25, -0.2) is 4.79 Å². The molecule has 26 heavy (non-hydrogen) atoms. The van der Waals surface area contributed by atoms with Crippen LogP contribution in [0.15, 0.2) is 34.9 Å². The van der Waals surface area contributed by atoms with Crippen molar-refractivity contribution in [1.29, 1.82) is 0 Å². The van der Waals surface area contributed by atoms with E-state index >= 15 is 0 Å². The number of carbonyl (C=O) groups is 2. The number of amides is 1. The first-order chi connectivity index (χ1) is 12.5. The molecule has 0 aliphatic heterocycles. The third kappa shape index (κ3) is 4.50. The number of nitrogens with zero attached hydrogens (tertiary/aromatic N) is 1. The molecule has 0 bridgehead atoms. The summed E-state index contributed by atoms with van der Waals surface area (Å²) in [5.74, 6) is -0.886. The number of rotatable bonds is 8. The first-order valence-electron chi connectivity index (χ1n) is 7.33. The molecule has 1 N–H and O–H groups in total. The first kappa shape index (κ1) is 18.8. The van der Waals surface area contributed by atoms with Crippen LogP contribution in [0.1, 0.15) is 16.1 Å². The van der Waals surface area contributed by atoms with Crippen LogP contribution in [0.25, 0.3) is 0 Å². The van der Waals surface area contributed by atoms with Gasteiger partial charge in [0.1, 0.15) is 11.3 Å². The molecule has 0 atom stereocenters. The predicted octanol–water partition coefficient (Wildman–Crippen LogP) is 1.68. The summed E-state index contributed by atoms with van der Waals surface area (Å²) in [7, 11) is 2.63. The van der Waals surface area contributed by atoms with Crippen molar-refractivity contribution >= 4 is 17.6 Å². The molecule has 10 heteroatoms. The Morgan fingerprint density at radius 3 is 2.50 bits per heavy atom. The molecule has 0 aliphatic rings. The molecule has 1 aromatic carbocycles. The van der Waals surface area contributed by atoms with Crippen LogP contribution in [-0.4, -0.2) is 37.6 Å². The lowest BCUT2D eigenvalue weighted by molar-refractivity contribution is -0.385. The minimum absolute atomic E-state index is 0.0898. The summed E-state index contributed by atoms with van der Waals surface area (Å²) in [4.78, 5) is 34.3. The summed E-state index contributed by atoms with van der Waals surface area (Å²) in [6.07, 6.45) is 1.46. The number of hydrogen-bond donors (Lipinski definition) is 1. The topological polar surface area (TPSA) is 130 Å². The summed E-state index contributed by atoms with van der Waals surface area (Å²) in [6, 6.07) is 5.50. The summed E-state index contributed by atoms with van der Waals surface area (Å²) in [5.41, 5.74) is -0.880. The SMILES string of the molecule is COc1cc(C(=O)OCC(=O)NCc2ccco2)c([N+](=O)[O-])cc1OC. The van der Waals surface area contributed by atoms with Gasteiger partial charge in [-0.05, 0) is 12.1 Å². The Morgan fingerprint density at radius 1 is 1.23 bits per heavy atom. The fourth-order valence-electron chi connectivity index (χ4n) is 2.04. The van der Waals surface area contributed by atoms with Crippen molar-refractivity contribution in [2.24, 2.45) is 0 Å². The Balaban J connectivity index is 2.05. The Labute approximate surface area is 147 Å². The molecule has 1 amide bonds. The van der Waals surface area contributed by atoms with Gasteiger partial charge in [0, 0.05) is 6.07 Å². The van der Waals surface area contributed by atoms with Crippen LogP contribution in [0.3, 0.4) is 0 Å². The molecule has 138 valence electrons. The van der Waals surface area contributed by atoms with Gasteiger partial charge >= 0.3 is 5.97 Å². The zero-order valence-electron chi connectivity index (χ0n) is 14.0. The van der Waals surface area contributed by atoms with Crippen LogP contribution in [0.5, 0.6) is 11.5 Å². The quantitative estimate of drug-likeness (QED) is 0.425. The number of nitro benzene ring substituents is 1. The van der Waals surface area contributed by atoms with Crippen molar-refractivity contribution in [2.75, 3.05) is 20.8 Å². The zero-order valence-corrected chi connectivity index (χ0v) is 14.0. The maximum absolute atomic E-state index is 12.2. The number of hydrogen-bond acceptors (Lipinski definition) is 8. The Hall–Kier alpha value is -3.56. The summed E-state index contributed by atoms with van der Waals surface area (Å²) in [6.45, 7) is -0.481. The highest BCUT2D eigenvalue weighted by atomic mass is 16.6. The molecule has 0 aliphatic carbocycles. The average molecular weight is 364 g/mol. The molecule has 1 heterocycles.